The van der Waals surface area contributed by atoms with Gasteiger partial charge in [0.25, 0.3) is 0 Å². The van der Waals surface area contributed by atoms with E-state index < -0.39 is 9.84 Å². The zero-order chi connectivity index (χ0) is 12.3. The van der Waals surface area contributed by atoms with Gasteiger partial charge in [0.1, 0.15) is 17.7 Å². The van der Waals surface area contributed by atoms with Crippen molar-refractivity contribution in [3.05, 3.63) is 23.4 Å². The molecule has 2 radical (unpaired) electrons. The molecule has 0 atom stereocenters. The first kappa shape index (κ1) is 12.7. The van der Waals surface area contributed by atoms with Crippen molar-refractivity contribution < 1.29 is 13.2 Å². The normalized spacial score (nSPS) is 24.9. The number of allylic oxidation sites excluding steroid dienone is 4. The highest BCUT2D eigenvalue weighted by Crippen LogP contribution is 2.22. The van der Waals surface area contributed by atoms with Crippen LogP contribution >= 0.6 is 0 Å². The molecule has 0 aromatic rings. The molecule has 0 aromatic heterocycles. The largest absolute Gasteiger partial charge is 0.498 e. The highest BCUT2D eigenvalue weighted by molar-refractivity contribution is 7.91. The van der Waals surface area contributed by atoms with Gasteiger partial charge in [-0.05, 0) is 31.3 Å². The summed E-state index contributed by atoms with van der Waals surface area (Å²) in [5.41, 5.74) is 0.890. The van der Waals surface area contributed by atoms with Gasteiger partial charge >= 0.3 is 0 Å². The minimum Gasteiger partial charge on any atom is -0.498 e. The quantitative estimate of drug-likeness (QED) is 0.716. The number of hydrogen-bond acceptors (Lipinski definition) is 3. The fourth-order valence-electron chi connectivity index (χ4n) is 2.08. The Balaban J connectivity index is 1.77. The van der Waals surface area contributed by atoms with Crippen molar-refractivity contribution in [2.45, 2.75) is 25.7 Å². The molecule has 0 N–H and O–H groups in total. The minimum absolute atomic E-state index is 0.312. The number of hydrogen-bond donors (Lipinski definition) is 0. The lowest BCUT2D eigenvalue weighted by molar-refractivity contribution is 0.151. The van der Waals surface area contributed by atoms with E-state index in [1.165, 1.54) is 0 Å². The van der Waals surface area contributed by atoms with Gasteiger partial charge in [0.2, 0.25) is 0 Å². The molecule has 1 aliphatic heterocycles. The van der Waals surface area contributed by atoms with E-state index in [-0.39, 0.29) is 0 Å². The van der Waals surface area contributed by atoms with Gasteiger partial charge in [0, 0.05) is 6.42 Å². The highest BCUT2D eigenvalue weighted by Gasteiger charge is 2.24. The van der Waals surface area contributed by atoms with E-state index >= 15 is 0 Å². The molecule has 0 aromatic carbocycles. The first-order valence-corrected chi connectivity index (χ1v) is 7.86. The van der Waals surface area contributed by atoms with Crippen LogP contribution in [0.15, 0.2) is 23.4 Å². The van der Waals surface area contributed by atoms with Crippen LogP contribution in [0.25, 0.3) is 0 Å². The molecule has 0 bridgehead atoms. The third-order valence-corrected chi connectivity index (χ3v) is 5.04. The topological polar surface area (TPSA) is 43.4 Å². The van der Waals surface area contributed by atoms with E-state index in [9.17, 15) is 8.42 Å². The number of rotatable bonds is 3. The monoisotopic (exact) mass is 252 g/mol. The van der Waals surface area contributed by atoms with E-state index in [1.807, 2.05) is 12.2 Å². The Hall–Kier alpha value is -0.705. The van der Waals surface area contributed by atoms with Gasteiger partial charge in [-0.3, -0.25) is 0 Å². The lowest BCUT2D eigenvalue weighted by atomic mass is 9.88. The van der Waals surface area contributed by atoms with Crippen LogP contribution in [0, 0.1) is 5.92 Å². The second-order valence-electron chi connectivity index (χ2n) is 4.78. The zero-order valence-electron chi connectivity index (χ0n) is 9.89. The fraction of sp³-hybridized carbons (Fsp3) is 0.667. The average Bonchev–Trinajstić information content (AvgIpc) is 2.30. The van der Waals surface area contributed by atoms with Crippen LogP contribution < -0.4 is 0 Å². The van der Waals surface area contributed by atoms with Crippen molar-refractivity contribution in [2.75, 3.05) is 18.1 Å². The third-order valence-electron chi connectivity index (χ3n) is 3.32. The summed E-state index contributed by atoms with van der Waals surface area (Å²) in [7, 11) is 2.90. The lowest BCUT2D eigenvalue weighted by Crippen LogP contribution is -2.26. The molecule has 0 spiro atoms. The molecular weight excluding hydrogens is 235 g/mol. The first-order chi connectivity index (χ1) is 8.05. The van der Waals surface area contributed by atoms with Crippen LogP contribution in [0.5, 0.6) is 0 Å². The van der Waals surface area contributed by atoms with Gasteiger partial charge in [-0.25, -0.2) is 8.42 Å². The molecule has 1 heterocycles. The summed E-state index contributed by atoms with van der Waals surface area (Å²) in [6.45, 7) is 0.634. The van der Waals surface area contributed by atoms with Gasteiger partial charge in [-0.15, -0.1) is 5.47 Å². The third kappa shape index (κ3) is 3.91. The van der Waals surface area contributed by atoms with Gasteiger partial charge in [-0.1, -0.05) is 6.08 Å². The van der Waals surface area contributed by atoms with Gasteiger partial charge < -0.3 is 4.74 Å². The Labute approximate surface area is 104 Å². The lowest BCUT2D eigenvalue weighted by Gasteiger charge is -2.23. The average molecular weight is 252 g/mol. The predicted molar refractivity (Wildman–Crippen MR) is 68.5 cm³/mol. The summed E-state index contributed by atoms with van der Waals surface area (Å²) in [5, 5.41) is 0. The maximum atomic E-state index is 11.3. The van der Waals surface area contributed by atoms with Crippen LogP contribution in [0.4, 0.5) is 0 Å². The van der Waals surface area contributed by atoms with Crippen LogP contribution in [-0.2, 0) is 14.6 Å². The Bertz CT molecular complexity index is 423. The fourth-order valence-corrected chi connectivity index (χ4v) is 3.67. The van der Waals surface area contributed by atoms with E-state index in [1.54, 1.807) is 0 Å². The van der Waals surface area contributed by atoms with Crippen LogP contribution in [0.3, 0.4) is 0 Å². The molecule has 2 rings (SSSR count). The molecule has 0 saturated carbocycles. The second-order valence-corrected chi connectivity index (χ2v) is 7.08. The summed E-state index contributed by atoms with van der Waals surface area (Å²) in [5.74, 6) is 1.97. The van der Waals surface area contributed by atoms with E-state index in [0.29, 0.717) is 24.0 Å². The molecule has 0 unspecified atom stereocenters. The molecule has 5 heteroatoms. The molecule has 2 aliphatic rings. The first-order valence-electron chi connectivity index (χ1n) is 6.03. The molecule has 92 valence electrons. The highest BCUT2D eigenvalue weighted by atomic mass is 32.2. The van der Waals surface area contributed by atoms with Crippen molar-refractivity contribution in [3.63, 3.8) is 0 Å². The number of ether oxygens (including phenoxy) is 1. The summed E-state index contributed by atoms with van der Waals surface area (Å²) in [4.78, 5) is 0. The second kappa shape index (κ2) is 5.30. The van der Waals surface area contributed by atoms with Gasteiger partial charge in [-0.2, -0.15) is 0 Å². The minimum atomic E-state index is -2.76. The molecule has 1 saturated heterocycles. The van der Waals surface area contributed by atoms with Crippen molar-refractivity contribution in [3.8, 4) is 0 Å². The Morgan fingerprint density at radius 2 is 1.94 bits per heavy atom. The predicted octanol–water partition coefficient (Wildman–Crippen LogP) is 1.56. The molecule has 0 amide bonds. The van der Waals surface area contributed by atoms with E-state index in [0.717, 1.165) is 36.9 Å². The zero-order valence-corrected chi connectivity index (χ0v) is 10.7. The smallest absolute Gasteiger partial charge is 0.150 e. The van der Waals surface area contributed by atoms with Crippen LogP contribution in [0.1, 0.15) is 25.7 Å². The van der Waals surface area contributed by atoms with Crippen LogP contribution in [-0.4, -0.2) is 34.4 Å². The molecule has 3 nitrogen and oxygen atoms in total. The van der Waals surface area contributed by atoms with Crippen molar-refractivity contribution in [2.24, 2.45) is 5.92 Å². The maximum Gasteiger partial charge on any atom is 0.150 e. The molecule has 1 aliphatic carbocycles. The van der Waals surface area contributed by atoms with Crippen LogP contribution in [0.2, 0.25) is 0 Å². The molecule has 1 fully saturated rings. The van der Waals surface area contributed by atoms with Gasteiger partial charge in [0.15, 0.2) is 0 Å². The Morgan fingerprint density at radius 1 is 1.24 bits per heavy atom. The van der Waals surface area contributed by atoms with Gasteiger partial charge in [0.05, 0.1) is 23.9 Å². The summed E-state index contributed by atoms with van der Waals surface area (Å²) in [6, 6.07) is 0. The van der Waals surface area contributed by atoms with Crippen molar-refractivity contribution in [1.82, 2.24) is 0 Å². The number of sulfone groups is 1. The SMILES string of the molecule is [B]C1=CC=C(OCC2CCS(=O)(=O)CC2)CC1. The van der Waals surface area contributed by atoms with Crippen molar-refractivity contribution in [1.29, 1.82) is 0 Å². The maximum absolute atomic E-state index is 11.3. The Morgan fingerprint density at radius 3 is 2.53 bits per heavy atom. The van der Waals surface area contributed by atoms with E-state index in [4.69, 9.17) is 12.6 Å². The van der Waals surface area contributed by atoms with Crippen molar-refractivity contribution >= 4 is 17.7 Å². The molecule has 17 heavy (non-hydrogen) atoms. The standard InChI is InChI=1S/C12H17BO3S/c13-11-1-3-12(4-2-11)16-9-10-5-7-17(14,15)8-6-10/h1,3,10H,2,4-9H2. The summed E-state index contributed by atoms with van der Waals surface area (Å²) < 4.78 is 28.2. The Kier molecular flexibility index (Phi) is 3.97. The molecular formula is C12H17BO3S. The summed E-state index contributed by atoms with van der Waals surface area (Å²) >= 11 is 0. The van der Waals surface area contributed by atoms with E-state index in [2.05, 4.69) is 0 Å². The summed E-state index contributed by atoms with van der Waals surface area (Å²) in [6.07, 6.45) is 6.96.